The minimum atomic E-state index is -2.61. The molecule has 0 spiro atoms. The van der Waals surface area contributed by atoms with Crippen LogP contribution in [-0.4, -0.2) is 0 Å². The Labute approximate surface area is 218 Å². The van der Waals surface area contributed by atoms with Crippen LogP contribution in [0.2, 0.25) is 0 Å². The molecule has 0 radical (unpaired) electrons. The quantitative estimate of drug-likeness (QED) is 0.238. The van der Waals surface area contributed by atoms with E-state index in [1.54, 1.807) is 11.6 Å². The molecular weight excluding hydrogens is 459 g/mol. The second-order valence-corrected chi connectivity index (χ2v) is 9.23. The highest BCUT2D eigenvalue weighted by molar-refractivity contribution is 6.13. The summed E-state index contributed by atoms with van der Waals surface area (Å²) >= 11 is 0. The summed E-state index contributed by atoms with van der Waals surface area (Å²) in [6.45, 7) is -0.702. The first-order valence-corrected chi connectivity index (χ1v) is 11.9. The first-order valence-electron chi connectivity index (χ1n) is 13.4. The van der Waals surface area contributed by atoms with Gasteiger partial charge in [0.1, 0.15) is 18.2 Å². The topological polar surface area (TPSA) is 40.8 Å². The van der Waals surface area contributed by atoms with Crippen molar-refractivity contribution >= 4 is 21.9 Å². The number of nitrogens with zero attached hydrogens (tertiary/aromatic N) is 2. The number of fused-ring (bicyclic) bond motifs is 3. The van der Waals surface area contributed by atoms with E-state index in [9.17, 15) is 9.65 Å². The number of hydrogen-bond acceptors (Lipinski definition) is 2. The molecule has 0 saturated carbocycles. The van der Waals surface area contributed by atoms with Gasteiger partial charge < -0.3 is 4.42 Å². The normalized spacial score (nSPS) is 12.8. The standard InChI is InChI=1S/C33H24FN2O/c1-20-12-13-26-28-16-22(18-35)15-27(25-11-7-10-24(17-25)23-8-5-4-6-9-23)32(28)37-33(26)31(20)30-14-21(2)29(34)19-36(30)3/h4-17,19H,1-3H3/q+1/i2D3. The predicted molar refractivity (Wildman–Crippen MR) is 145 cm³/mol. The minimum Gasteiger partial charge on any atom is -0.454 e. The van der Waals surface area contributed by atoms with Gasteiger partial charge in [-0.05, 0) is 59.8 Å². The van der Waals surface area contributed by atoms with Crippen LogP contribution in [0.1, 0.15) is 20.8 Å². The van der Waals surface area contributed by atoms with Crippen molar-refractivity contribution in [3.05, 3.63) is 114 Å². The van der Waals surface area contributed by atoms with E-state index in [1.165, 1.54) is 12.3 Å². The molecule has 6 aromatic rings. The smallest absolute Gasteiger partial charge is 0.216 e. The summed E-state index contributed by atoms with van der Waals surface area (Å²) in [5, 5.41) is 11.4. The van der Waals surface area contributed by atoms with E-state index in [0.29, 0.717) is 28.0 Å². The van der Waals surface area contributed by atoms with Crippen LogP contribution in [0.3, 0.4) is 0 Å². The van der Waals surface area contributed by atoms with Crippen LogP contribution in [-0.2, 0) is 7.05 Å². The molecule has 4 heteroatoms. The van der Waals surface area contributed by atoms with Crippen molar-refractivity contribution in [2.24, 2.45) is 7.05 Å². The van der Waals surface area contributed by atoms with Crippen molar-refractivity contribution < 1.29 is 17.5 Å². The van der Waals surface area contributed by atoms with Gasteiger partial charge in [-0.1, -0.05) is 60.7 Å². The lowest BCUT2D eigenvalue weighted by Crippen LogP contribution is -2.31. The van der Waals surface area contributed by atoms with Gasteiger partial charge in [0.15, 0.2) is 5.82 Å². The average molecular weight is 487 g/mol. The number of benzene rings is 4. The third kappa shape index (κ3) is 3.77. The second kappa shape index (κ2) is 8.72. The molecule has 0 atom stereocenters. The zero-order valence-electron chi connectivity index (χ0n) is 23.3. The fourth-order valence-corrected chi connectivity index (χ4v) is 5.00. The summed E-state index contributed by atoms with van der Waals surface area (Å²) in [6, 6.07) is 29.3. The van der Waals surface area contributed by atoms with Gasteiger partial charge in [0, 0.05) is 26.5 Å². The second-order valence-electron chi connectivity index (χ2n) is 9.23. The molecule has 0 bridgehead atoms. The van der Waals surface area contributed by atoms with Gasteiger partial charge in [0.2, 0.25) is 11.9 Å². The Balaban J connectivity index is 1.65. The maximum absolute atomic E-state index is 14.7. The van der Waals surface area contributed by atoms with Crippen LogP contribution in [0.4, 0.5) is 4.39 Å². The highest BCUT2D eigenvalue weighted by Crippen LogP contribution is 2.42. The number of hydrogen-bond donors (Lipinski definition) is 0. The Morgan fingerprint density at radius 1 is 0.838 bits per heavy atom. The van der Waals surface area contributed by atoms with Crippen molar-refractivity contribution in [1.29, 1.82) is 5.26 Å². The number of halogens is 1. The van der Waals surface area contributed by atoms with Gasteiger partial charge in [-0.15, -0.1) is 0 Å². The van der Waals surface area contributed by atoms with Crippen LogP contribution < -0.4 is 4.57 Å². The van der Waals surface area contributed by atoms with E-state index < -0.39 is 12.7 Å². The summed E-state index contributed by atoms with van der Waals surface area (Å²) in [5.74, 6) is -0.792. The van der Waals surface area contributed by atoms with E-state index >= 15 is 0 Å². The molecule has 4 aromatic carbocycles. The summed E-state index contributed by atoms with van der Waals surface area (Å²) in [4.78, 5) is 0. The van der Waals surface area contributed by atoms with Gasteiger partial charge in [-0.3, -0.25) is 0 Å². The molecule has 0 amide bonds. The molecule has 0 saturated heterocycles. The van der Waals surface area contributed by atoms with E-state index in [4.69, 9.17) is 8.53 Å². The largest absolute Gasteiger partial charge is 0.454 e. The molecule has 0 N–H and O–H groups in total. The van der Waals surface area contributed by atoms with Crippen molar-refractivity contribution in [1.82, 2.24) is 0 Å². The lowest BCUT2D eigenvalue weighted by atomic mass is 9.95. The molecule has 0 aliphatic rings. The Hall–Kier alpha value is -4.75. The average Bonchev–Trinajstić information content (AvgIpc) is 3.31. The fraction of sp³-hybridized carbons (Fsp3) is 0.0909. The van der Waals surface area contributed by atoms with Gasteiger partial charge >= 0.3 is 0 Å². The molecule has 178 valence electrons. The van der Waals surface area contributed by atoms with Crippen molar-refractivity contribution in [2.45, 2.75) is 13.8 Å². The van der Waals surface area contributed by atoms with Crippen molar-refractivity contribution in [3.8, 4) is 39.6 Å². The Kier molecular flexibility index (Phi) is 4.58. The molecule has 2 heterocycles. The lowest BCUT2D eigenvalue weighted by molar-refractivity contribution is -0.662. The molecule has 37 heavy (non-hydrogen) atoms. The molecule has 0 aliphatic carbocycles. The zero-order valence-corrected chi connectivity index (χ0v) is 20.3. The molecule has 6 rings (SSSR count). The number of nitriles is 1. The molecule has 0 unspecified atom stereocenters. The van der Waals surface area contributed by atoms with Crippen molar-refractivity contribution in [3.63, 3.8) is 0 Å². The highest BCUT2D eigenvalue weighted by Gasteiger charge is 2.23. The number of aryl methyl sites for hydroxylation is 3. The molecule has 3 nitrogen and oxygen atoms in total. The maximum Gasteiger partial charge on any atom is 0.216 e. The maximum atomic E-state index is 14.7. The Bertz CT molecular complexity index is 1990. The van der Waals surface area contributed by atoms with Crippen LogP contribution in [0.25, 0.3) is 55.4 Å². The first kappa shape index (κ1) is 19.4. The van der Waals surface area contributed by atoms with E-state index in [0.717, 1.165) is 38.6 Å². The predicted octanol–water partition coefficient (Wildman–Crippen LogP) is 8.04. The summed E-state index contributed by atoms with van der Waals surface area (Å²) in [6.07, 6.45) is 1.19. The number of aromatic nitrogens is 1. The summed E-state index contributed by atoms with van der Waals surface area (Å²) < 4.78 is 46.3. The van der Waals surface area contributed by atoms with Gasteiger partial charge in [0.05, 0.1) is 17.2 Å². The zero-order chi connectivity index (χ0) is 28.2. The van der Waals surface area contributed by atoms with Crippen LogP contribution in [0.5, 0.6) is 0 Å². The number of rotatable bonds is 3. The third-order valence-electron chi connectivity index (χ3n) is 6.84. The van der Waals surface area contributed by atoms with Crippen LogP contribution in [0.15, 0.2) is 95.5 Å². The third-order valence-corrected chi connectivity index (χ3v) is 6.84. The van der Waals surface area contributed by atoms with Gasteiger partial charge in [-0.2, -0.15) is 9.83 Å². The first-order chi connectivity index (χ1) is 19.2. The van der Waals surface area contributed by atoms with Gasteiger partial charge in [-0.25, -0.2) is 4.39 Å². The number of furan rings is 1. The van der Waals surface area contributed by atoms with Crippen LogP contribution in [0, 0.1) is 30.9 Å². The fourth-order valence-electron chi connectivity index (χ4n) is 5.00. The Morgan fingerprint density at radius 2 is 1.62 bits per heavy atom. The highest BCUT2D eigenvalue weighted by atomic mass is 19.1. The van der Waals surface area contributed by atoms with Crippen molar-refractivity contribution in [2.75, 3.05) is 0 Å². The van der Waals surface area contributed by atoms with E-state index in [-0.39, 0.29) is 5.56 Å². The molecular formula is C33H24FN2O+. The molecule has 0 fully saturated rings. The number of pyridine rings is 1. The van der Waals surface area contributed by atoms with E-state index in [1.807, 2.05) is 79.7 Å². The van der Waals surface area contributed by atoms with E-state index in [2.05, 4.69) is 12.1 Å². The molecule has 2 aromatic heterocycles. The van der Waals surface area contributed by atoms with Gasteiger partial charge in [0.25, 0.3) is 0 Å². The SMILES string of the molecule is [2H]C([2H])([2H])c1cc(-c2c(C)ccc3c2oc2c(-c4cccc(-c5ccccc5)c4)cc(C#N)cc23)[n+](C)cc1F. The monoisotopic (exact) mass is 486 g/mol. The summed E-state index contributed by atoms with van der Waals surface area (Å²) in [5.41, 5.74) is 7.13. The minimum absolute atomic E-state index is 0.349. The summed E-state index contributed by atoms with van der Waals surface area (Å²) in [7, 11) is 1.68. The lowest BCUT2D eigenvalue weighted by Gasteiger charge is -2.07. The Morgan fingerprint density at radius 3 is 2.41 bits per heavy atom. The molecule has 0 aliphatic heterocycles. The van der Waals surface area contributed by atoms with Crippen LogP contribution >= 0.6 is 0 Å².